The molecule has 0 fully saturated rings. The van der Waals surface area contributed by atoms with E-state index in [1.165, 1.54) is 12.1 Å². The summed E-state index contributed by atoms with van der Waals surface area (Å²) >= 11 is 1.59. The lowest BCUT2D eigenvalue weighted by atomic mass is 10.0. The summed E-state index contributed by atoms with van der Waals surface area (Å²) in [5.74, 6) is -1.63. The molecule has 0 aliphatic rings. The van der Waals surface area contributed by atoms with Crippen LogP contribution in [0, 0.1) is 25.5 Å². The van der Waals surface area contributed by atoms with E-state index in [0.29, 0.717) is 0 Å². The van der Waals surface area contributed by atoms with Gasteiger partial charge in [-0.15, -0.1) is 11.3 Å². The SMILES string of the molecule is CCCNC(c1ccc(F)c(F)c1)c1sc(C)nc1C. The van der Waals surface area contributed by atoms with Crippen molar-refractivity contribution in [3.05, 3.63) is 51.0 Å². The number of thiazole rings is 1. The van der Waals surface area contributed by atoms with Crippen LogP contribution in [0.4, 0.5) is 8.78 Å². The maximum absolute atomic E-state index is 13.5. The molecule has 0 radical (unpaired) electrons. The fourth-order valence-corrected chi connectivity index (χ4v) is 3.19. The molecule has 2 aromatic rings. The van der Waals surface area contributed by atoms with Gasteiger partial charge in [-0.25, -0.2) is 13.8 Å². The van der Waals surface area contributed by atoms with Crippen molar-refractivity contribution in [1.29, 1.82) is 0 Å². The largest absolute Gasteiger partial charge is 0.306 e. The lowest BCUT2D eigenvalue weighted by Gasteiger charge is -2.18. The highest BCUT2D eigenvalue weighted by atomic mass is 32.1. The molecule has 108 valence electrons. The molecule has 0 spiro atoms. The fourth-order valence-electron chi connectivity index (χ4n) is 2.16. The van der Waals surface area contributed by atoms with Crippen LogP contribution in [-0.4, -0.2) is 11.5 Å². The predicted octanol–water partition coefficient (Wildman–Crippen LogP) is 4.13. The lowest BCUT2D eigenvalue weighted by molar-refractivity contribution is 0.503. The quantitative estimate of drug-likeness (QED) is 0.897. The van der Waals surface area contributed by atoms with Crippen molar-refractivity contribution < 1.29 is 8.78 Å². The summed E-state index contributed by atoms with van der Waals surface area (Å²) in [4.78, 5) is 5.47. The number of benzene rings is 1. The zero-order valence-electron chi connectivity index (χ0n) is 11.8. The van der Waals surface area contributed by atoms with Gasteiger partial charge in [-0.05, 0) is 44.5 Å². The van der Waals surface area contributed by atoms with Gasteiger partial charge < -0.3 is 5.32 Å². The van der Waals surface area contributed by atoms with Crippen molar-refractivity contribution in [2.75, 3.05) is 6.54 Å². The van der Waals surface area contributed by atoms with Crippen LogP contribution in [0.1, 0.15) is 40.5 Å². The Morgan fingerprint density at radius 2 is 2.00 bits per heavy atom. The predicted molar refractivity (Wildman–Crippen MR) is 78.1 cm³/mol. The molecule has 1 N–H and O–H groups in total. The Bertz CT molecular complexity index is 596. The molecule has 0 saturated carbocycles. The van der Waals surface area contributed by atoms with Gasteiger partial charge in [0.05, 0.1) is 16.7 Å². The Morgan fingerprint density at radius 3 is 2.55 bits per heavy atom. The van der Waals surface area contributed by atoms with Crippen molar-refractivity contribution in [3.8, 4) is 0 Å². The van der Waals surface area contributed by atoms with E-state index in [2.05, 4.69) is 17.2 Å². The number of aromatic nitrogens is 1. The van der Waals surface area contributed by atoms with Crippen LogP contribution >= 0.6 is 11.3 Å². The topological polar surface area (TPSA) is 24.9 Å². The van der Waals surface area contributed by atoms with Crippen LogP contribution in [0.3, 0.4) is 0 Å². The molecule has 1 heterocycles. The van der Waals surface area contributed by atoms with Crippen molar-refractivity contribution >= 4 is 11.3 Å². The number of hydrogen-bond acceptors (Lipinski definition) is 3. The Kier molecular flexibility index (Phi) is 4.83. The molecule has 1 atom stereocenters. The van der Waals surface area contributed by atoms with Crippen LogP contribution in [0.5, 0.6) is 0 Å². The van der Waals surface area contributed by atoms with Gasteiger partial charge in [-0.3, -0.25) is 0 Å². The molecule has 0 saturated heterocycles. The molecule has 5 heteroatoms. The number of nitrogens with zero attached hydrogens (tertiary/aromatic N) is 1. The molecule has 1 aromatic heterocycles. The summed E-state index contributed by atoms with van der Waals surface area (Å²) in [6.07, 6.45) is 0.969. The Hall–Kier alpha value is -1.33. The minimum atomic E-state index is -0.819. The van der Waals surface area contributed by atoms with E-state index in [0.717, 1.165) is 34.1 Å². The zero-order valence-corrected chi connectivity index (χ0v) is 12.7. The van der Waals surface area contributed by atoms with Crippen molar-refractivity contribution in [2.24, 2.45) is 0 Å². The van der Waals surface area contributed by atoms with E-state index in [9.17, 15) is 8.78 Å². The molecule has 0 aliphatic carbocycles. The first-order valence-corrected chi connectivity index (χ1v) is 7.46. The smallest absolute Gasteiger partial charge is 0.159 e. The Balaban J connectivity index is 2.41. The normalized spacial score (nSPS) is 12.7. The van der Waals surface area contributed by atoms with Gasteiger partial charge in [0, 0.05) is 4.88 Å². The van der Waals surface area contributed by atoms with Crippen molar-refractivity contribution in [1.82, 2.24) is 10.3 Å². The van der Waals surface area contributed by atoms with Gasteiger partial charge in [0.25, 0.3) is 0 Å². The van der Waals surface area contributed by atoms with Gasteiger partial charge in [0.15, 0.2) is 11.6 Å². The number of nitrogens with one attached hydrogen (secondary N) is 1. The molecule has 0 aliphatic heterocycles. The van der Waals surface area contributed by atoms with Gasteiger partial charge in [0.2, 0.25) is 0 Å². The minimum absolute atomic E-state index is 0.142. The molecule has 0 bridgehead atoms. The molecule has 2 rings (SSSR count). The van der Waals surface area contributed by atoms with E-state index in [1.54, 1.807) is 17.4 Å². The highest BCUT2D eigenvalue weighted by molar-refractivity contribution is 7.11. The fraction of sp³-hybridized carbons (Fsp3) is 0.400. The molecule has 20 heavy (non-hydrogen) atoms. The second-order valence-corrected chi connectivity index (χ2v) is 5.98. The number of aryl methyl sites for hydroxylation is 2. The molecular weight excluding hydrogens is 278 g/mol. The second kappa shape index (κ2) is 6.41. The molecule has 2 nitrogen and oxygen atoms in total. The van der Waals surface area contributed by atoms with Gasteiger partial charge in [0.1, 0.15) is 0 Å². The van der Waals surface area contributed by atoms with E-state index >= 15 is 0 Å². The third kappa shape index (κ3) is 3.22. The Morgan fingerprint density at radius 1 is 1.25 bits per heavy atom. The first-order chi connectivity index (χ1) is 9.52. The van der Waals surface area contributed by atoms with E-state index in [1.807, 2.05) is 13.8 Å². The molecule has 1 aromatic carbocycles. The van der Waals surface area contributed by atoms with Gasteiger partial charge in [-0.1, -0.05) is 13.0 Å². The average molecular weight is 296 g/mol. The zero-order chi connectivity index (χ0) is 14.7. The Labute approximate surface area is 121 Å². The maximum atomic E-state index is 13.5. The average Bonchev–Trinajstić information content (AvgIpc) is 2.73. The minimum Gasteiger partial charge on any atom is -0.306 e. The summed E-state index contributed by atoms with van der Waals surface area (Å²) in [6, 6.07) is 3.92. The number of halogens is 2. The number of rotatable bonds is 5. The first-order valence-electron chi connectivity index (χ1n) is 6.65. The van der Waals surface area contributed by atoms with Gasteiger partial charge >= 0.3 is 0 Å². The van der Waals surface area contributed by atoms with E-state index < -0.39 is 11.6 Å². The summed E-state index contributed by atoms with van der Waals surface area (Å²) < 4.78 is 26.6. The summed E-state index contributed by atoms with van der Waals surface area (Å²) in [7, 11) is 0. The van der Waals surface area contributed by atoms with Crippen molar-refractivity contribution in [2.45, 2.75) is 33.2 Å². The summed E-state index contributed by atoms with van der Waals surface area (Å²) in [6.45, 7) is 6.77. The van der Waals surface area contributed by atoms with E-state index in [4.69, 9.17) is 0 Å². The van der Waals surface area contributed by atoms with E-state index in [-0.39, 0.29) is 6.04 Å². The van der Waals surface area contributed by atoms with Crippen LogP contribution in [0.2, 0.25) is 0 Å². The molecular formula is C15H18F2N2S. The van der Waals surface area contributed by atoms with Crippen LogP contribution in [0.25, 0.3) is 0 Å². The van der Waals surface area contributed by atoms with Crippen LogP contribution in [-0.2, 0) is 0 Å². The van der Waals surface area contributed by atoms with Crippen LogP contribution in [0.15, 0.2) is 18.2 Å². The number of hydrogen-bond donors (Lipinski definition) is 1. The monoisotopic (exact) mass is 296 g/mol. The first kappa shape index (κ1) is 15.1. The highest BCUT2D eigenvalue weighted by Crippen LogP contribution is 2.30. The third-order valence-corrected chi connectivity index (χ3v) is 4.21. The summed E-state index contributed by atoms with van der Waals surface area (Å²) in [5, 5.41) is 4.36. The molecule has 0 amide bonds. The summed E-state index contributed by atoms with van der Waals surface area (Å²) in [5.41, 5.74) is 1.66. The van der Waals surface area contributed by atoms with Crippen molar-refractivity contribution in [3.63, 3.8) is 0 Å². The maximum Gasteiger partial charge on any atom is 0.159 e. The lowest BCUT2D eigenvalue weighted by Crippen LogP contribution is -2.23. The van der Waals surface area contributed by atoms with Crippen LogP contribution < -0.4 is 5.32 Å². The third-order valence-electron chi connectivity index (χ3n) is 3.08. The van der Waals surface area contributed by atoms with Gasteiger partial charge in [-0.2, -0.15) is 0 Å². The highest BCUT2D eigenvalue weighted by Gasteiger charge is 2.20. The molecule has 1 unspecified atom stereocenters. The standard InChI is InChI=1S/C15H18F2N2S/c1-4-7-18-14(15-9(2)19-10(3)20-15)11-5-6-12(16)13(17)8-11/h5-6,8,14,18H,4,7H2,1-3H3. The second-order valence-electron chi connectivity index (χ2n) is 4.74.